The summed E-state index contributed by atoms with van der Waals surface area (Å²) in [6.45, 7) is 2.58. The fourth-order valence-corrected chi connectivity index (χ4v) is 4.93. The molecule has 0 saturated carbocycles. The van der Waals surface area contributed by atoms with Gasteiger partial charge in [0.2, 0.25) is 0 Å². The number of nitrogens with one attached hydrogen (secondary N) is 1. The van der Waals surface area contributed by atoms with E-state index in [0.29, 0.717) is 12.4 Å². The maximum Gasteiger partial charge on any atom is 0.628 e. The molecule has 3 aromatic carbocycles. The van der Waals surface area contributed by atoms with Crippen LogP contribution in [0, 0.1) is 3.57 Å². The zero-order chi connectivity index (χ0) is 31.6. The lowest BCUT2D eigenvalue weighted by Crippen LogP contribution is -2.21. The molecule has 0 spiro atoms. The topological polar surface area (TPSA) is 95.3 Å². The number of nitrogens with zero attached hydrogens (tertiary/aromatic N) is 2. The number of anilines is 1. The van der Waals surface area contributed by atoms with Crippen molar-refractivity contribution in [1.29, 1.82) is 0 Å². The van der Waals surface area contributed by atoms with E-state index in [1.54, 1.807) is 18.4 Å². The summed E-state index contributed by atoms with van der Waals surface area (Å²) >= 11 is 13.8. The number of fused-ring (bicyclic) bond motifs is 2. The molecule has 0 unspecified atom stereocenters. The summed E-state index contributed by atoms with van der Waals surface area (Å²) in [6, 6.07) is 29.1. The molecule has 7 nitrogen and oxygen atoms in total. The fraction of sp³-hybridized carbons (Fsp3) is 0.0588. The van der Waals surface area contributed by atoms with Crippen LogP contribution >= 0.6 is 45.8 Å². The number of hydrogen-bond donors (Lipinski definition) is 2. The van der Waals surface area contributed by atoms with Crippen LogP contribution in [0.15, 0.2) is 122 Å². The molecule has 6 aromatic rings. The predicted molar refractivity (Wildman–Crippen MR) is 193 cm³/mol. The maximum atomic E-state index is 5.86. The van der Waals surface area contributed by atoms with Gasteiger partial charge in [-0.2, -0.15) is 0 Å². The van der Waals surface area contributed by atoms with Gasteiger partial charge in [0.1, 0.15) is 23.0 Å². The largest absolute Gasteiger partial charge is 0.628 e. The van der Waals surface area contributed by atoms with Gasteiger partial charge in [-0.3, -0.25) is 0 Å². The highest BCUT2D eigenvalue weighted by Gasteiger charge is 2.28. The van der Waals surface area contributed by atoms with Crippen molar-refractivity contribution in [2.24, 2.45) is 0 Å². The van der Waals surface area contributed by atoms with Crippen LogP contribution in [-0.4, -0.2) is 28.7 Å². The molecule has 3 aromatic heterocycles. The van der Waals surface area contributed by atoms with E-state index >= 15 is 0 Å². The Kier molecular flexibility index (Phi) is 11.2. The van der Waals surface area contributed by atoms with Crippen LogP contribution in [0.2, 0.25) is 10.0 Å². The van der Waals surface area contributed by atoms with Crippen LogP contribution in [0.5, 0.6) is 11.5 Å². The zero-order valence-electron chi connectivity index (χ0n) is 24.2. The van der Waals surface area contributed by atoms with Crippen LogP contribution in [0.25, 0.3) is 33.3 Å². The van der Waals surface area contributed by atoms with Gasteiger partial charge in [0.15, 0.2) is 0 Å². The maximum absolute atomic E-state index is 5.86. The van der Waals surface area contributed by atoms with Crippen molar-refractivity contribution >= 4 is 69.8 Å². The molecule has 0 saturated heterocycles. The van der Waals surface area contributed by atoms with E-state index in [4.69, 9.17) is 43.0 Å². The Balaban J connectivity index is 0.000000134. The monoisotopic (exact) mass is 748 g/mol. The Labute approximate surface area is 285 Å². The molecule has 1 aliphatic heterocycles. The number of H-pyrrole nitrogens is 1. The van der Waals surface area contributed by atoms with E-state index in [0.717, 1.165) is 58.4 Å². The summed E-state index contributed by atoms with van der Waals surface area (Å²) in [7, 11) is -0.362. The van der Waals surface area contributed by atoms with E-state index in [2.05, 4.69) is 43.6 Å². The molecule has 45 heavy (non-hydrogen) atoms. The summed E-state index contributed by atoms with van der Waals surface area (Å²) in [4.78, 5) is 11.5. The number of hydrogen-bond acceptors (Lipinski definition) is 6. The Hall–Kier alpha value is -4.19. The van der Waals surface area contributed by atoms with E-state index in [-0.39, 0.29) is 7.12 Å². The predicted octanol–water partition coefficient (Wildman–Crippen LogP) is 9.51. The highest BCUT2D eigenvalue weighted by atomic mass is 127. The molecule has 7 rings (SSSR count). The second-order valence-electron chi connectivity index (χ2n) is 9.58. The lowest BCUT2D eigenvalue weighted by Gasteiger charge is -2.03. The van der Waals surface area contributed by atoms with Gasteiger partial charge in [-0.1, -0.05) is 59.6 Å². The number of aromatic amines is 1. The lowest BCUT2D eigenvalue weighted by atomic mass is 9.92. The van der Waals surface area contributed by atoms with Gasteiger partial charge in [0, 0.05) is 51.1 Å². The number of nitrogens with two attached hydrogens (primary N) is 1. The number of para-hydroxylation sites is 2. The smallest absolute Gasteiger partial charge is 0.520 e. The Morgan fingerprint density at radius 2 is 1.40 bits per heavy atom. The molecule has 0 radical (unpaired) electrons. The van der Waals surface area contributed by atoms with Gasteiger partial charge in [0.05, 0.1) is 16.4 Å². The molecule has 3 N–H and O–H groups in total. The molecule has 0 fully saturated rings. The van der Waals surface area contributed by atoms with Gasteiger partial charge in [-0.05, 0) is 95.2 Å². The van der Waals surface area contributed by atoms with Crippen LogP contribution in [-0.2, 0) is 4.74 Å². The molecule has 11 heteroatoms. The zero-order valence-corrected chi connectivity index (χ0v) is 27.8. The summed E-state index contributed by atoms with van der Waals surface area (Å²) in [5.41, 5.74) is 10.9. The van der Waals surface area contributed by atoms with Crippen LogP contribution in [0.3, 0.4) is 0 Å². The van der Waals surface area contributed by atoms with Crippen molar-refractivity contribution in [2.75, 3.05) is 12.3 Å². The van der Waals surface area contributed by atoms with Crippen molar-refractivity contribution in [3.63, 3.8) is 0 Å². The van der Waals surface area contributed by atoms with Crippen LogP contribution in [0.1, 0.15) is 6.92 Å². The Bertz CT molecular complexity index is 1860. The van der Waals surface area contributed by atoms with Gasteiger partial charge in [-0.25, -0.2) is 9.97 Å². The Morgan fingerprint density at radius 3 is 1.98 bits per heavy atom. The molecule has 4 heterocycles. The molecular weight excluding hydrogens is 721 g/mol. The van der Waals surface area contributed by atoms with Crippen LogP contribution < -0.4 is 15.0 Å². The highest BCUT2D eigenvalue weighted by Crippen LogP contribution is 2.32. The third kappa shape index (κ3) is 8.94. The first kappa shape index (κ1) is 32.2. The normalized spacial score (nSPS) is 11.5. The minimum atomic E-state index is -0.362. The first-order chi connectivity index (χ1) is 21.9. The second-order valence-corrected chi connectivity index (χ2v) is 11.6. The number of pyridine rings is 2. The van der Waals surface area contributed by atoms with Gasteiger partial charge >= 0.3 is 7.12 Å². The summed E-state index contributed by atoms with van der Waals surface area (Å²) in [5, 5.41) is 2.60. The van der Waals surface area contributed by atoms with Gasteiger partial charge < -0.3 is 24.8 Å². The standard InChI is InChI=1S/C13H9ClN2.C11H8ClIN2.C10H11BO3/c14-12-3-1-9(2-4-12)11-7-10-5-6-15-13(10)16-8-11;12-9-3-1-7(2-4-9)8-5-10(13)11(14)15-6-8;1-2-12-8-7-11-13-9-5-3-4-6-10(9)14-11/h1-8H,(H,15,16);1-6H,(H2,14,15);3-8H,2H2,1H3. The molecule has 0 atom stereocenters. The molecule has 0 bridgehead atoms. The van der Waals surface area contributed by atoms with Gasteiger partial charge in [0.25, 0.3) is 0 Å². The molecular formula is C34H28BCl2IN4O3. The number of aromatic nitrogens is 3. The first-order valence-electron chi connectivity index (χ1n) is 14.0. The average Bonchev–Trinajstić information content (AvgIpc) is 3.70. The number of halogens is 3. The first-order valence-corrected chi connectivity index (χ1v) is 15.8. The molecule has 1 aliphatic rings. The summed E-state index contributed by atoms with van der Waals surface area (Å²) < 4.78 is 16.9. The highest BCUT2D eigenvalue weighted by molar-refractivity contribution is 14.1. The van der Waals surface area contributed by atoms with Crippen LogP contribution in [0.4, 0.5) is 5.82 Å². The minimum absolute atomic E-state index is 0.362. The summed E-state index contributed by atoms with van der Waals surface area (Å²) in [5.74, 6) is 3.86. The van der Waals surface area contributed by atoms with Crippen molar-refractivity contribution in [2.45, 2.75) is 6.92 Å². The van der Waals surface area contributed by atoms with Crippen molar-refractivity contribution < 1.29 is 14.0 Å². The minimum Gasteiger partial charge on any atom is -0.520 e. The molecule has 226 valence electrons. The number of nitrogen functional groups attached to an aromatic ring is 1. The molecule has 0 aliphatic carbocycles. The third-order valence-corrected chi connectivity index (χ3v) is 7.83. The number of benzene rings is 3. The van der Waals surface area contributed by atoms with Crippen molar-refractivity contribution in [3.8, 4) is 33.8 Å². The second kappa shape index (κ2) is 15.7. The fourth-order valence-electron chi connectivity index (χ4n) is 4.20. The van der Waals surface area contributed by atoms with E-state index < -0.39 is 0 Å². The quantitative estimate of drug-likeness (QED) is 0.104. The molecule has 0 amide bonds. The SMILES string of the molecule is CCOC=CB1Oc2ccccc2O1.Clc1ccc(-c2cnc3[nH]ccc3c2)cc1.Nc1ncc(-c2ccc(Cl)cc2)cc1I. The average molecular weight is 749 g/mol. The van der Waals surface area contributed by atoms with Gasteiger partial charge in [-0.15, -0.1) is 0 Å². The number of ether oxygens (including phenoxy) is 1. The van der Waals surface area contributed by atoms with E-state index in [9.17, 15) is 0 Å². The van der Waals surface area contributed by atoms with Crippen molar-refractivity contribution in [1.82, 2.24) is 15.0 Å². The van der Waals surface area contributed by atoms with Crippen molar-refractivity contribution in [3.05, 3.63) is 135 Å². The van der Waals surface area contributed by atoms with E-state index in [1.165, 1.54) is 0 Å². The Morgan fingerprint density at radius 1 is 0.822 bits per heavy atom. The number of rotatable bonds is 5. The lowest BCUT2D eigenvalue weighted by molar-refractivity contribution is 0.269. The van der Waals surface area contributed by atoms with E-state index in [1.807, 2.05) is 104 Å². The summed E-state index contributed by atoms with van der Waals surface area (Å²) in [6.07, 6.45) is 7.11. The third-order valence-electron chi connectivity index (χ3n) is 6.46.